The van der Waals surface area contributed by atoms with Crippen molar-refractivity contribution in [3.05, 3.63) is 64.2 Å². The fourth-order valence-corrected chi connectivity index (χ4v) is 5.12. The Hall–Kier alpha value is -4.34. The second-order valence-corrected chi connectivity index (χ2v) is 11.4. The molecule has 0 bridgehead atoms. The van der Waals surface area contributed by atoms with E-state index in [4.69, 9.17) is 65.0 Å². The number of carbonyl (C=O) groups is 6. The molecule has 3 N–H and O–H groups in total. The molecule has 1 aliphatic rings. The van der Waals surface area contributed by atoms with Crippen LogP contribution in [0.4, 0.5) is 0 Å². The Morgan fingerprint density at radius 3 is 1.61 bits per heavy atom. The molecule has 3 rings (SSSR count). The van der Waals surface area contributed by atoms with Crippen molar-refractivity contribution < 1.29 is 67.8 Å². The molecule has 0 aliphatic carbocycles. The van der Waals surface area contributed by atoms with E-state index in [1.54, 1.807) is 18.4 Å². The molecular formula is C33H43ClO14S. The highest BCUT2D eigenvalue weighted by atomic mass is 35.5. The predicted octanol–water partition coefficient (Wildman–Crippen LogP) is 5.16. The number of aliphatic carboxylic acids is 3. The monoisotopic (exact) mass is 730 g/mol. The highest BCUT2D eigenvalue weighted by Crippen LogP contribution is 2.41. The van der Waals surface area contributed by atoms with Gasteiger partial charge in [-0.05, 0) is 54.5 Å². The van der Waals surface area contributed by atoms with Gasteiger partial charge in [0.15, 0.2) is 18.3 Å². The zero-order chi connectivity index (χ0) is 37.8. The van der Waals surface area contributed by atoms with E-state index in [0.717, 1.165) is 37.6 Å². The van der Waals surface area contributed by atoms with E-state index in [0.29, 0.717) is 23.6 Å². The number of thioether (sulfide) groups is 1. The lowest BCUT2D eigenvalue weighted by Gasteiger charge is -2.44. The number of rotatable bonds is 9. The van der Waals surface area contributed by atoms with Gasteiger partial charge in [0.25, 0.3) is 17.9 Å². The van der Waals surface area contributed by atoms with Crippen LogP contribution < -0.4 is 4.74 Å². The smallest absolute Gasteiger partial charge is 0.303 e. The summed E-state index contributed by atoms with van der Waals surface area (Å²) in [5.74, 6) is -3.49. The number of hydrogen-bond acceptors (Lipinski definition) is 12. The summed E-state index contributed by atoms with van der Waals surface area (Å²) in [7, 11) is 0. The lowest BCUT2D eigenvalue weighted by Crippen LogP contribution is -2.57. The highest BCUT2D eigenvalue weighted by Gasteiger charge is 2.52. The van der Waals surface area contributed by atoms with Gasteiger partial charge in [0, 0.05) is 46.6 Å². The van der Waals surface area contributed by atoms with Crippen molar-refractivity contribution >= 4 is 59.2 Å². The van der Waals surface area contributed by atoms with Gasteiger partial charge < -0.3 is 39.0 Å². The lowest BCUT2D eigenvalue weighted by molar-refractivity contribution is -0.233. The molecule has 14 nitrogen and oxygen atoms in total. The number of carbonyl (C=O) groups excluding carboxylic acids is 3. The Balaban J connectivity index is 0.00000166. The molecule has 0 spiro atoms. The maximum atomic E-state index is 12.1. The third-order valence-corrected chi connectivity index (χ3v) is 6.87. The van der Waals surface area contributed by atoms with E-state index >= 15 is 0 Å². The number of hydrogen-bond donors (Lipinski definition) is 3. The molecule has 49 heavy (non-hydrogen) atoms. The molecule has 1 fully saturated rings. The highest BCUT2D eigenvalue weighted by molar-refractivity contribution is 7.99. The molecule has 1 aliphatic heterocycles. The van der Waals surface area contributed by atoms with Crippen LogP contribution in [0.5, 0.6) is 5.75 Å². The summed E-state index contributed by atoms with van der Waals surface area (Å²) in [6, 6.07) is 13.2. The summed E-state index contributed by atoms with van der Waals surface area (Å²) in [4.78, 5) is 62.9. The molecule has 0 saturated carbocycles. The molecule has 0 radical (unpaired) electrons. The third-order valence-electron chi connectivity index (χ3n) is 5.66. The fraction of sp³-hybridized carbons (Fsp3) is 0.455. The number of halogens is 1. The van der Waals surface area contributed by atoms with Gasteiger partial charge in [-0.15, -0.1) is 11.8 Å². The van der Waals surface area contributed by atoms with Crippen LogP contribution in [0.15, 0.2) is 42.5 Å². The first kappa shape index (κ1) is 44.7. The molecule has 5 atom stereocenters. The summed E-state index contributed by atoms with van der Waals surface area (Å²) in [6.45, 7) is 9.51. The standard InChI is InChI=1S/C27H31ClO8S.3C2H4O2/c1-6-32-21-10-7-18(8-11-21)13-20-14-19(9-12-22(20)28)23-24(33-15(2)29)25(34-16(3)30)26(35-17(4)31)27(36-23)37-5;3*1-2(3)4/h7-12,14,23-27H,6,13H2,1-5H3;3*1H3,(H,3,4)/t23-,24-,25+,26-,27+;;;/m0.../s1. The maximum absolute atomic E-state index is 12.1. The van der Waals surface area contributed by atoms with E-state index in [1.807, 2.05) is 37.3 Å². The zero-order valence-corrected chi connectivity index (χ0v) is 30.0. The Morgan fingerprint density at radius 1 is 0.735 bits per heavy atom. The van der Waals surface area contributed by atoms with Crippen LogP contribution in [0.1, 0.15) is 71.3 Å². The largest absolute Gasteiger partial charge is 0.494 e. The minimum Gasteiger partial charge on any atom is -0.494 e. The van der Waals surface area contributed by atoms with Gasteiger partial charge in [-0.3, -0.25) is 28.8 Å². The van der Waals surface area contributed by atoms with Crippen molar-refractivity contribution in [3.63, 3.8) is 0 Å². The van der Waals surface area contributed by atoms with Crippen molar-refractivity contribution in [1.29, 1.82) is 0 Å². The van der Waals surface area contributed by atoms with Crippen molar-refractivity contribution in [2.75, 3.05) is 12.9 Å². The lowest BCUT2D eigenvalue weighted by atomic mass is 9.92. The quantitative estimate of drug-likeness (QED) is 0.225. The van der Waals surface area contributed by atoms with Crippen molar-refractivity contribution in [1.82, 2.24) is 0 Å². The van der Waals surface area contributed by atoms with Crippen LogP contribution in [0, 0.1) is 0 Å². The zero-order valence-electron chi connectivity index (χ0n) is 28.5. The van der Waals surface area contributed by atoms with Gasteiger partial charge in [0.05, 0.1) is 6.61 Å². The number of ether oxygens (including phenoxy) is 5. The van der Waals surface area contributed by atoms with Crippen molar-refractivity contribution in [2.45, 2.75) is 84.7 Å². The summed E-state index contributed by atoms with van der Waals surface area (Å²) >= 11 is 7.83. The normalized spacial score (nSPS) is 19.0. The minimum absolute atomic E-state index is 0.541. The first-order valence-corrected chi connectivity index (χ1v) is 16.3. The molecule has 2 aromatic carbocycles. The van der Waals surface area contributed by atoms with E-state index in [1.165, 1.54) is 32.5 Å². The van der Waals surface area contributed by atoms with E-state index < -0.39 is 65.7 Å². The SMILES string of the molecule is CC(=O)O.CC(=O)O.CC(=O)O.CCOc1ccc(Cc2cc([C@@H]3O[C@H](SC)[C@@H](OC(C)=O)[C@H](OC(C)=O)[C@H]3OC(C)=O)ccc2Cl)cc1. The molecular weight excluding hydrogens is 688 g/mol. The van der Waals surface area contributed by atoms with E-state index in [9.17, 15) is 14.4 Å². The summed E-state index contributed by atoms with van der Waals surface area (Å²) in [5, 5.41) is 22.8. The summed E-state index contributed by atoms with van der Waals surface area (Å²) < 4.78 is 28.5. The average Bonchev–Trinajstić information content (AvgIpc) is 2.96. The first-order chi connectivity index (χ1) is 22.8. The minimum atomic E-state index is -1.08. The van der Waals surface area contributed by atoms with Crippen LogP contribution in [0.3, 0.4) is 0 Å². The number of esters is 3. The van der Waals surface area contributed by atoms with Crippen LogP contribution in [0.25, 0.3) is 0 Å². The van der Waals surface area contributed by atoms with Crippen LogP contribution >= 0.6 is 23.4 Å². The van der Waals surface area contributed by atoms with Gasteiger partial charge in [-0.25, -0.2) is 0 Å². The summed E-state index contributed by atoms with van der Waals surface area (Å²) in [6.07, 6.45) is -1.60. The molecule has 1 heterocycles. The van der Waals surface area contributed by atoms with Gasteiger partial charge >= 0.3 is 17.9 Å². The topological polar surface area (TPSA) is 209 Å². The van der Waals surface area contributed by atoms with Gasteiger partial charge in [0.2, 0.25) is 0 Å². The molecule has 2 aromatic rings. The Kier molecular flexibility index (Phi) is 21.0. The predicted molar refractivity (Wildman–Crippen MR) is 180 cm³/mol. The molecule has 0 aromatic heterocycles. The van der Waals surface area contributed by atoms with Crippen LogP contribution in [-0.4, -0.2) is 87.7 Å². The molecule has 0 amide bonds. The van der Waals surface area contributed by atoms with E-state index in [-0.39, 0.29) is 0 Å². The van der Waals surface area contributed by atoms with Gasteiger partial charge in [0.1, 0.15) is 17.3 Å². The Morgan fingerprint density at radius 2 is 1.18 bits per heavy atom. The fourth-order valence-electron chi connectivity index (χ4n) is 4.23. The van der Waals surface area contributed by atoms with Crippen LogP contribution in [0.2, 0.25) is 5.02 Å². The molecule has 1 saturated heterocycles. The van der Waals surface area contributed by atoms with Crippen molar-refractivity contribution in [2.24, 2.45) is 0 Å². The Bertz CT molecular complexity index is 1360. The average molecular weight is 731 g/mol. The number of carboxylic acids is 3. The van der Waals surface area contributed by atoms with Gasteiger partial charge in [-0.1, -0.05) is 35.9 Å². The first-order valence-electron chi connectivity index (χ1n) is 14.6. The summed E-state index contributed by atoms with van der Waals surface area (Å²) in [5.41, 5.74) is 1.85. The maximum Gasteiger partial charge on any atom is 0.303 e. The van der Waals surface area contributed by atoms with Crippen LogP contribution in [-0.2, 0) is 54.1 Å². The number of carboxylic acid groups (broad SMARTS) is 3. The molecule has 272 valence electrons. The van der Waals surface area contributed by atoms with Gasteiger partial charge in [-0.2, -0.15) is 0 Å². The van der Waals surface area contributed by atoms with Crippen molar-refractivity contribution in [3.8, 4) is 5.75 Å². The van der Waals surface area contributed by atoms with E-state index in [2.05, 4.69) is 0 Å². The molecule has 0 unspecified atom stereocenters. The Labute approximate surface area is 294 Å². The second-order valence-electron chi connectivity index (χ2n) is 10.0. The second kappa shape index (κ2) is 23.1. The number of benzene rings is 2. The molecule has 16 heteroatoms. The third kappa shape index (κ3) is 18.7.